The molecule has 2 aromatic carbocycles. The lowest BCUT2D eigenvalue weighted by Crippen LogP contribution is -2.50. The van der Waals surface area contributed by atoms with Gasteiger partial charge in [0.25, 0.3) is 5.91 Å². The molecule has 0 spiro atoms. The van der Waals surface area contributed by atoms with Crippen molar-refractivity contribution in [1.82, 2.24) is 20.7 Å². The van der Waals surface area contributed by atoms with Crippen molar-refractivity contribution in [3.63, 3.8) is 0 Å². The molecule has 2 heterocycles. The summed E-state index contributed by atoms with van der Waals surface area (Å²) in [6.45, 7) is 2.89. The van der Waals surface area contributed by atoms with E-state index in [0.717, 1.165) is 22.6 Å². The lowest BCUT2D eigenvalue weighted by molar-refractivity contribution is -0.138. The molecule has 0 aliphatic carbocycles. The van der Waals surface area contributed by atoms with Crippen molar-refractivity contribution in [2.75, 3.05) is 20.3 Å². The molecule has 8 heteroatoms. The number of fused-ring (bicyclic) bond motifs is 1. The maximum atomic E-state index is 13.0. The Morgan fingerprint density at radius 2 is 1.94 bits per heavy atom. The summed E-state index contributed by atoms with van der Waals surface area (Å²) in [4.78, 5) is 27.0. The van der Waals surface area contributed by atoms with E-state index in [1.54, 1.807) is 13.3 Å². The Morgan fingerprint density at radius 1 is 1.16 bits per heavy atom. The SMILES string of the molecule is CCOc1ccc(C2CC3C(=O)N(CC(=O)NCc4ccccc4OC)C=CN3N2)cc1. The van der Waals surface area contributed by atoms with Crippen molar-refractivity contribution in [2.24, 2.45) is 0 Å². The summed E-state index contributed by atoms with van der Waals surface area (Å²) in [7, 11) is 1.60. The molecule has 0 radical (unpaired) electrons. The van der Waals surface area contributed by atoms with Gasteiger partial charge in [-0.2, -0.15) is 0 Å². The molecule has 2 atom stereocenters. The highest BCUT2D eigenvalue weighted by Gasteiger charge is 2.40. The van der Waals surface area contributed by atoms with Crippen LogP contribution in [0.15, 0.2) is 60.9 Å². The van der Waals surface area contributed by atoms with E-state index in [-0.39, 0.29) is 30.4 Å². The van der Waals surface area contributed by atoms with Gasteiger partial charge in [0.1, 0.15) is 24.1 Å². The van der Waals surface area contributed by atoms with Gasteiger partial charge in [0.15, 0.2) is 0 Å². The summed E-state index contributed by atoms with van der Waals surface area (Å²) in [5.41, 5.74) is 5.34. The number of carbonyl (C=O) groups is 2. The zero-order chi connectivity index (χ0) is 22.5. The van der Waals surface area contributed by atoms with Crippen LogP contribution in [0.2, 0.25) is 0 Å². The van der Waals surface area contributed by atoms with E-state index in [0.29, 0.717) is 19.6 Å². The van der Waals surface area contributed by atoms with Crippen LogP contribution < -0.4 is 20.2 Å². The van der Waals surface area contributed by atoms with Gasteiger partial charge < -0.3 is 24.7 Å². The standard InChI is InChI=1S/C24H28N4O4/c1-3-32-19-10-8-17(9-11-19)20-14-21-24(30)27(12-13-28(21)26-20)16-23(29)25-15-18-6-4-5-7-22(18)31-2/h4-13,20-21,26H,3,14-16H2,1-2H3,(H,25,29). The van der Waals surface area contributed by atoms with Crippen molar-refractivity contribution in [3.8, 4) is 11.5 Å². The molecule has 2 unspecified atom stereocenters. The number of hydrogen-bond acceptors (Lipinski definition) is 6. The molecule has 1 fully saturated rings. The number of nitrogens with one attached hydrogen (secondary N) is 2. The minimum atomic E-state index is -0.349. The maximum absolute atomic E-state index is 13.0. The first-order valence-corrected chi connectivity index (χ1v) is 10.7. The number of hydrazine groups is 1. The Hall–Kier alpha value is -3.52. The summed E-state index contributed by atoms with van der Waals surface area (Å²) in [6.07, 6.45) is 4.08. The van der Waals surface area contributed by atoms with Crippen LogP contribution in [0.4, 0.5) is 0 Å². The van der Waals surface area contributed by atoms with E-state index < -0.39 is 0 Å². The molecule has 2 N–H and O–H groups in total. The summed E-state index contributed by atoms with van der Waals surface area (Å²) >= 11 is 0. The Balaban J connectivity index is 1.33. The van der Waals surface area contributed by atoms with Crippen LogP contribution in [0.5, 0.6) is 11.5 Å². The number of hydrogen-bond donors (Lipinski definition) is 2. The van der Waals surface area contributed by atoms with Crippen LogP contribution in [-0.2, 0) is 16.1 Å². The number of ether oxygens (including phenoxy) is 2. The molecule has 2 amide bonds. The zero-order valence-corrected chi connectivity index (χ0v) is 18.3. The van der Waals surface area contributed by atoms with E-state index in [4.69, 9.17) is 9.47 Å². The molecule has 32 heavy (non-hydrogen) atoms. The first-order valence-electron chi connectivity index (χ1n) is 10.7. The smallest absolute Gasteiger partial charge is 0.251 e. The van der Waals surface area contributed by atoms with Crippen LogP contribution in [-0.4, -0.2) is 48.0 Å². The highest BCUT2D eigenvalue weighted by molar-refractivity contribution is 5.89. The van der Waals surface area contributed by atoms with E-state index in [2.05, 4.69) is 10.7 Å². The van der Waals surface area contributed by atoms with Gasteiger partial charge in [-0.25, -0.2) is 5.43 Å². The maximum Gasteiger partial charge on any atom is 0.251 e. The number of nitrogens with zero attached hydrogens (tertiary/aromatic N) is 2. The third-order valence-corrected chi connectivity index (χ3v) is 5.65. The van der Waals surface area contributed by atoms with E-state index >= 15 is 0 Å². The number of amides is 2. The molecule has 2 aromatic rings. The lowest BCUT2D eigenvalue weighted by Gasteiger charge is -2.31. The normalized spacial score (nSPS) is 19.6. The summed E-state index contributed by atoms with van der Waals surface area (Å²) in [5, 5.41) is 4.69. The minimum absolute atomic E-state index is 0.0172. The number of benzene rings is 2. The second-order valence-electron chi connectivity index (χ2n) is 7.70. The first kappa shape index (κ1) is 21.7. The summed E-state index contributed by atoms with van der Waals surface area (Å²) < 4.78 is 10.8. The van der Waals surface area contributed by atoms with Crippen LogP contribution in [0.25, 0.3) is 0 Å². The molecule has 1 saturated heterocycles. The van der Waals surface area contributed by atoms with Crippen molar-refractivity contribution < 1.29 is 19.1 Å². The quantitative estimate of drug-likeness (QED) is 0.661. The largest absolute Gasteiger partial charge is 0.496 e. The van der Waals surface area contributed by atoms with Crippen LogP contribution in [0.3, 0.4) is 0 Å². The van der Waals surface area contributed by atoms with Crippen LogP contribution in [0, 0.1) is 0 Å². The van der Waals surface area contributed by atoms with Gasteiger partial charge >= 0.3 is 0 Å². The number of methoxy groups -OCH3 is 1. The molecular weight excluding hydrogens is 408 g/mol. The van der Waals surface area contributed by atoms with Gasteiger partial charge in [-0.3, -0.25) is 9.59 Å². The number of para-hydroxylation sites is 1. The van der Waals surface area contributed by atoms with Gasteiger partial charge in [0.05, 0.1) is 19.8 Å². The van der Waals surface area contributed by atoms with Crippen molar-refractivity contribution in [3.05, 3.63) is 72.1 Å². The first-order chi connectivity index (χ1) is 15.6. The van der Waals surface area contributed by atoms with Gasteiger partial charge in [0.2, 0.25) is 5.91 Å². The van der Waals surface area contributed by atoms with Gasteiger partial charge in [-0.1, -0.05) is 30.3 Å². The highest BCUT2D eigenvalue weighted by atomic mass is 16.5. The summed E-state index contributed by atoms with van der Waals surface area (Å²) in [6, 6.07) is 15.1. The lowest BCUT2D eigenvalue weighted by atomic mass is 10.0. The van der Waals surface area contributed by atoms with Gasteiger partial charge in [-0.15, -0.1) is 0 Å². The Kier molecular flexibility index (Phi) is 6.61. The monoisotopic (exact) mass is 436 g/mol. The zero-order valence-electron chi connectivity index (χ0n) is 18.3. The highest BCUT2D eigenvalue weighted by Crippen LogP contribution is 2.31. The predicted octanol–water partition coefficient (Wildman–Crippen LogP) is 2.34. The van der Waals surface area contributed by atoms with Crippen molar-refractivity contribution in [2.45, 2.75) is 32.0 Å². The number of carbonyl (C=O) groups excluding carboxylic acids is 2. The molecule has 2 aliphatic rings. The topological polar surface area (TPSA) is 83.1 Å². The van der Waals surface area contributed by atoms with Crippen molar-refractivity contribution in [1.29, 1.82) is 0 Å². The molecule has 168 valence electrons. The van der Waals surface area contributed by atoms with E-state index in [9.17, 15) is 9.59 Å². The molecule has 4 rings (SSSR count). The Morgan fingerprint density at radius 3 is 2.69 bits per heavy atom. The molecule has 2 aliphatic heterocycles. The van der Waals surface area contributed by atoms with Crippen molar-refractivity contribution >= 4 is 11.8 Å². The molecular formula is C24H28N4O4. The Bertz CT molecular complexity index is 992. The fraction of sp³-hybridized carbons (Fsp3) is 0.333. The Labute approximate surface area is 187 Å². The second kappa shape index (κ2) is 9.74. The van der Waals surface area contributed by atoms with Crippen LogP contribution >= 0.6 is 0 Å². The fourth-order valence-corrected chi connectivity index (χ4v) is 4.00. The third kappa shape index (κ3) is 4.70. The molecule has 0 saturated carbocycles. The van der Waals surface area contributed by atoms with Gasteiger partial charge in [-0.05, 0) is 37.1 Å². The molecule has 0 bridgehead atoms. The molecule has 8 nitrogen and oxygen atoms in total. The minimum Gasteiger partial charge on any atom is -0.496 e. The summed E-state index contributed by atoms with van der Waals surface area (Å²) in [5.74, 6) is 1.22. The van der Waals surface area contributed by atoms with E-state index in [1.807, 2.05) is 66.7 Å². The van der Waals surface area contributed by atoms with E-state index in [1.165, 1.54) is 4.90 Å². The third-order valence-electron chi connectivity index (χ3n) is 5.65. The van der Waals surface area contributed by atoms with Gasteiger partial charge in [0, 0.05) is 24.5 Å². The van der Waals surface area contributed by atoms with Crippen LogP contribution in [0.1, 0.15) is 30.5 Å². The molecule has 0 aromatic heterocycles. The average molecular weight is 437 g/mol. The average Bonchev–Trinajstić information content (AvgIpc) is 3.26. The predicted molar refractivity (Wildman–Crippen MR) is 119 cm³/mol. The fourth-order valence-electron chi connectivity index (χ4n) is 4.00. The second-order valence-corrected chi connectivity index (χ2v) is 7.70. The number of rotatable bonds is 8.